The number of amides is 2. The van der Waals surface area contributed by atoms with Crippen molar-refractivity contribution in [3.8, 4) is 0 Å². The Morgan fingerprint density at radius 3 is 2.27 bits per heavy atom. The van der Waals surface area contributed by atoms with E-state index in [1.165, 1.54) is 0 Å². The fourth-order valence-electron chi connectivity index (χ4n) is 1.67. The van der Waals surface area contributed by atoms with Gasteiger partial charge in [0, 0.05) is 18.2 Å². The van der Waals surface area contributed by atoms with Gasteiger partial charge < -0.3 is 5.11 Å². The number of likely N-dealkylation sites (tertiary alicyclic amines) is 1. The fraction of sp³-hybridized carbons (Fsp3) is 0.800. The maximum Gasteiger partial charge on any atom is 0.229 e. The van der Waals surface area contributed by atoms with Crippen LogP contribution in [-0.4, -0.2) is 39.8 Å². The minimum atomic E-state index is -0.681. The van der Waals surface area contributed by atoms with Crippen molar-refractivity contribution in [1.82, 2.24) is 4.90 Å². The van der Waals surface area contributed by atoms with E-state index in [2.05, 4.69) is 15.9 Å². The number of hydrogen-bond donors (Lipinski definition) is 1. The molecule has 0 aromatic rings. The summed E-state index contributed by atoms with van der Waals surface area (Å²) < 4.78 is 0. The molecule has 1 heterocycles. The molecule has 1 N–H and O–H groups in total. The molecule has 1 rings (SSSR count). The zero-order valence-electron chi connectivity index (χ0n) is 8.99. The first-order chi connectivity index (χ1) is 6.85. The summed E-state index contributed by atoms with van der Waals surface area (Å²) in [6, 6.07) is 0. The quantitative estimate of drug-likeness (QED) is 0.617. The SMILES string of the molecule is CC1(C)CC(=O)N(CC(O)CBr)C(=O)C1. The molecule has 1 unspecified atom stereocenters. The summed E-state index contributed by atoms with van der Waals surface area (Å²) >= 11 is 3.10. The lowest BCUT2D eigenvalue weighted by molar-refractivity contribution is -0.153. The fourth-order valence-corrected chi connectivity index (χ4v) is 1.88. The Balaban J connectivity index is 2.67. The van der Waals surface area contributed by atoms with E-state index in [1.54, 1.807) is 0 Å². The zero-order chi connectivity index (χ0) is 11.6. The van der Waals surface area contributed by atoms with Gasteiger partial charge in [-0.25, -0.2) is 0 Å². The van der Waals surface area contributed by atoms with E-state index in [0.717, 1.165) is 4.90 Å². The molecule has 1 aliphatic heterocycles. The van der Waals surface area contributed by atoms with Gasteiger partial charge in [-0.15, -0.1) is 0 Å². The predicted molar refractivity (Wildman–Crippen MR) is 59.5 cm³/mol. The number of alkyl halides is 1. The van der Waals surface area contributed by atoms with Crippen LogP contribution in [-0.2, 0) is 9.59 Å². The third kappa shape index (κ3) is 3.28. The molecule has 1 saturated heterocycles. The van der Waals surface area contributed by atoms with Gasteiger partial charge in [-0.2, -0.15) is 0 Å². The molecular formula is C10H16BrNO3. The van der Waals surface area contributed by atoms with E-state index < -0.39 is 6.10 Å². The summed E-state index contributed by atoms with van der Waals surface area (Å²) in [6.07, 6.45) is 0.0562. The van der Waals surface area contributed by atoms with Crippen LogP contribution < -0.4 is 0 Å². The van der Waals surface area contributed by atoms with Crippen LogP contribution in [0.3, 0.4) is 0 Å². The molecule has 2 amide bonds. The Hall–Kier alpha value is -0.420. The molecule has 1 fully saturated rings. The van der Waals surface area contributed by atoms with Crippen LogP contribution in [0.15, 0.2) is 0 Å². The van der Waals surface area contributed by atoms with Gasteiger partial charge in [0.2, 0.25) is 11.8 Å². The van der Waals surface area contributed by atoms with Crippen LogP contribution in [0.5, 0.6) is 0 Å². The summed E-state index contributed by atoms with van der Waals surface area (Å²) in [5, 5.41) is 9.75. The Morgan fingerprint density at radius 1 is 1.40 bits per heavy atom. The molecule has 0 spiro atoms. The topological polar surface area (TPSA) is 57.6 Å². The van der Waals surface area contributed by atoms with Crippen molar-refractivity contribution in [1.29, 1.82) is 0 Å². The second-order valence-corrected chi connectivity index (χ2v) is 5.37. The predicted octanol–water partition coefficient (Wildman–Crippen LogP) is 0.917. The van der Waals surface area contributed by atoms with Crippen molar-refractivity contribution in [2.24, 2.45) is 5.41 Å². The Bertz CT molecular complexity index is 258. The Morgan fingerprint density at radius 2 is 1.87 bits per heavy atom. The summed E-state index contributed by atoms with van der Waals surface area (Å²) in [5.74, 6) is -0.368. The highest BCUT2D eigenvalue weighted by molar-refractivity contribution is 9.09. The van der Waals surface area contributed by atoms with Gasteiger partial charge in [-0.3, -0.25) is 14.5 Å². The van der Waals surface area contributed by atoms with Gasteiger partial charge in [-0.1, -0.05) is 29.8 Å². The summed E-state index contributed by atoms with van der Waals surface area (Å²) in [6.45, 7) is 3.90. The Kier molecular flexibility index (Phi) is 3.89. The first-order valence-corrected chi connectivity index (χ1v) is 6.05. The van der Waals surface area contributed by atoms with Gasteiger partial charge in [-0.05, 0) is 5.41 Å². The zero-order valence-corrected chi connectivity index (χ0v) is 10.6. The normalized spacial score (nSPS) is 23.1. The molecule has 0 aromatic carbocycles. The molecule has 1 atom stereocenters. The largest absolute Gasteiger partial charge is 0.390 e. The van der Waals surface area contributed by atoms with E-state index in [1.807, 2.05) is 13.8 Å². The van der Waals surface area contributed by atoms with E-state index >= 15 is 0 Å². The van der Waals surface area contributed by atoms with E-state index in [9.17, 15) is 14.7 Å². The highest BCUT2D eigenvalue weighted by atomic mass is 79.9. The number of aliphatic hydroxyl groups is 1. The van der Waals surface area contributed by atoms with E-state index in [0.29, 0.717) is 18.2 Å². The first-order valence-electron chi connectivity index (χ1n) is 4.93. The monoisotopic (exact) mass is 277 g/mol. The second-order valence-electron chi connectivity index (χ2n) is 4.72. The van der Waals surface area contributed by atoms with Gasteiger partial charge >= 0.3 is 0 Å². The molecule has 15 heavy (non-hydrogen) atoms. The van der Waals surface area contributed by atoms with E-state index in [-0.39, 0.29) is 23.8 Å². The average Bonchev–Trinajstić information content (AvgIpc) is 2.09. The number of β-amino-alcohol motifs (C(OH)–C–C–N with tert-alkyl or cyclic N) is 1. The van der Waals surface area contributed by atoms with Crippen molar-refractivity contribution in [3.05, 3.63) is 0 Å². The number of halogens is 1. The smallest absolute Gasteiger partial charge is 0.229 e. The first kappa shape index (κ1) is 12.6. The lowest BCUT2D eigenvalue weighted by atomic mass is 9.82. The summed E-state index contributed by atoms with van der Waals surface area (Å²) in [7, 11) is 0. The van der Waals surface area contributed by atoms with Crippen LogP contribution in [0.1, 0.15) is 26.7 Å². The standard InChI is InChI=1S/C10H16BrNO3/c1-10(2)3-8(14)12(9(15)4-10)6-7(13)5-11/h7,13H,3-6H2,1-2H3. The average molecular weight is 278 g/mol. The minimum absolute atomic E-state index is 0.0962. The number of rotatable bonds is 3. The number of imide groups is 1. The van der Waals surface area contributed by atoms with Crippen molar-refractivity contribution in [3.63, 3.8) is 0 Å². The molecule has 5 heteroatoms. The van der Waals surface area contributed by atoms with Crippen LogP contribution in [0.25, 0.3) is 0 Å². The van der Waals surface area contributed by atoms with Gasteiger partial charge in [0.05, 0.1) is 12.6 Å². The van der Waals surface area contributed by atoms with Crippen molar-refractivity contribution < 1.29 is 14.7 Å². The maximum atomic E-state index is 11.7. The number of carbonyl (C=O) groups excluding carboxylic acids is 2. The van der Waals surface area contributed by atoms with Crippen LogP contribution in [0.2, 0.25) is 0 Å². The highest BCUT2D eigenvalue weighted by Gasteiger charge is 2.37. The molecule has 0 radical (unpaired) electrons. The molecule has 0 aromatic heterocycles. The van der Waals surface area contributed by atoms with Crippen molar-refractivity contribution in [2.75, 3.05) is 11.9 Å². The maximum absolute atomic E-state index is 11.7. The summed E-state index contributed by atoms with van der Waals surface area (Å²) in [5.41, 5.74) is -0.246. The third-order valence-electron chi connectivity index (χ3n) is 2.43. The third-order valence-corrected chi connectivity index (χ3v) is 3.18. The van der Waals surface area contributed by atoms with Crippen molar-refractivity contribution in [2.45, 2.75) is 32.8 Å². The molecule has 4 nitrogen and oxygen atoms in total. The van der Waals surface area contributed by atoms with Crippen LogP contribution >= 0.6 is 15.9 Å². The molecule has 0 aliphatic carbocycles. The second kappa shape index (κ2) is 4.61. The number of aliphatic hydroxyl groups excluding tert-OH is 1. The lowest BCUT2D eigenvalue weighted by Gasteiger charge is -2.35. The van der Waals surface area contributed by atoms with Gasteiger partial charge in [0.1, 0.15) is 0 Å². The molecule has 0 saturated carbocycles. The number of carbonyl (C=O) groups is 2. The van der Waals surface area contributed by atoms with Gasteiger partial charge in [0.25, 0.3) is 0 Å². The number of piperidine rings is 1. The minimum Gasteiger partial charge on any atom is -0.390 e. The van der Waals surface area contributed by atoms with Crippen LogP contribution in [0, 0.1) is 5.41 Å². The molecule has 0 bridgehead atoms. The molecule has 86 valence electrons. The van der Waals surface area contributed by atoms with Gasteiger partial charge in [0.15, 0.2) is 0 Å². The van der Waals surface area contributed by atoms with Crippen LogP contribution in [0.4, 0.5) is 0 Å². The highest BCUT2D eigenvalue weighted by Crippen LogP contribution is 2.31. The number of nitrogens with zero attached hydrogens (tertiary/aromatic N) is 1. The lowest BCUT2D eigenvalue weighted by Crippen LogP contribution is -2.49. The summed E-state index contributed by atoms with van der Waals surface area (Å²) in [4.78, 5) is 24.5. The number of hydrogen-bond acceptors (Lipinski definition) is 3. The molecule has 1 aliphatic rings. The Labute approximate surface area is 97.8 Å². The van der Waals surface area contributed by atoms with Crippen molar-refractivity contribution >= 4 is 27.7 Å². The van der Waals surface area contributed by atoms with E-state index in [4.69, 9.17) is 0 Å². The molecular weight excluding hydrogens is 262 g/mol.